The van der Waals surface area contributed by atoms with Crippen molar-refractivity contribution in [2.24, 2.45) is 5.41 Å². The summed E-state index contributed by atoms with van der Waals surface area (Å²) in [4.78, 5) is 15.8. The van der Waals surface area contributed by atoms with Gasteiger partial charge in [0, 0.05) is 47.8 Å². The number of fused-ring (bicyclic) bond motifs is 5. The van der Waals surface area contributed by atoms with Crippen LogP contribution in [0.4, 0.5) is 4.39 Å². The first-order chi connectivity index (χ1) is 15.9. The van der Waals surface area contributed by atoms with Crippen LogP contribution < -0.4 is 9.47 Å². The molecule has 0 amide bonds. The lowest BCUT2D eigenvalue weighted by atomic mass is 9.69. The summed E-state index contributed by atoms with van der Waals surface area (Å²) in [5, 5.41) is 0. The Kier molecular flexibility index (Phi) is 4.65. The molecular weight excluding hydrogens is 417 g/mol. The Balaban J connectivity index is 1.52. The fraction of sp³-hybridized carbons (Fsp3) is 0.393. The van der Waals surface area contributed by atoms with E-state index in [-0.39, 0.29) is 22.9 Å². The summed E-state index contributed by atoms with van der Waals surface area (Å²) in [7, 11) is 0. The average Bonchev–Trinajstić information content (AvgIpc) is 3.01. The quantitative estimate of drug-likeness (QED) is 0.571. The summed E-state index contributed by atoms with van der Waals surface area (Å²) in [5.74, 6) is 1.36. The maximum atomic E-state index is 13.7. The second-order valence-electron chi connectivity index (χ2n) is 10.3. The smallest absolute Gasteiger partial charge is 0.162 e. The van der Waals surface area contributed by atoms with Crippen LogP contribution in [0.25, 0.3) is 5.70 Å². The highest BCUT2D eigenvalue weighted by Gasteiger charge is 2.42. The largest absolute Gasteiger partial charge is 0.490 e. The van der Waals surface area contributed by atoms with Gasteiger partial charge in [-0.25, -0.2) is 4.39 Å². The SMILES string of the molecule is CC1(C)CC(=O)C2=C(C1)N1CCc3cc4c(cc3C1=C[C@@H]2c1ccc(F)cc1)OCCCO4. The topological polar surface area (TPSA) is 38.8 Å². The average molecular weight is 446 g/mol. The lowest BCUT2D eigenvalue weighted by Gasteiger charge is -2.46. The number of halogens is 1. The number of Topliss-reactive ketones (excluding diaryl/α,β-unsaturated/α-hetero) is 1. The molecule has 6 rings (SSSR count). The number of hydrogen-bond donors (Lipinski definition) is 0. The van der Waals surface area contributed by atoms with E-state index in [0.29, 0.717) is 19.6 Å². The number of hydrogen-bond acceptors (Lipinski definition) is 4. The summed E-state index contributed by atoms with van der Waals surface area (Å²) < 4.78 is 25.6. The molecule has 1 atom stereocenters. The van der Waals surface area contributed by atoms with Crippen LogP contribution in [0, 0.1) is 11.2 Å². The third-order valence-electron chi connectivity index (χ3n) is 7.23. The molecule has 33 heavy (non-hydrogen) atoms. The van der Waals surface area contributed by atoms with E-state index >= 15 is 0 Å². The molecule has 4 aliphatic rings. The molecule has 0 radical (unpaired) electrons. The van der Waals surface area contributed by atoms with Crippen LogP contribution in [0.3, 0.4) is 0 Å². The van der Waals surface area contributed by atoms with Crippen LogP contribution in [-0.2, 0) is 11.2 Å². The molecule has 0 saturated heterocycles. The minimum absolute atomic E-state index is 0.0866. The predicted octanol–water partition coefficient (Wildman–Crippen LogP) is 5.63. The Morgan fingerprint density at radius 2 is 1.76 bits per heavy atom. The van der Waals surface area contributed by atoms with Gasteiger partial charge in [0.2, 0.25) is 0 Å². The number of allylic oxidation sites excluding steroid dienone is 3. The molecule has 3 heterocycles. The fourth-order valence-corrected chi connectivity index (χ4v) is 5.72. The van der Waals surface area contributed by atoms with E-state index in [4.69, 9.17) is 9.47 Å². The Bertz CT molecular complexity index is 1210. The number of nitrogens with zero attached hydrogens (tertiary/aromatic N) is 1. The summed E-state index contributed by atoms with van der Waals surface area (Å²) in [6, 6.07) is 10.8. The normalized spacial score (nSPS) is 23.2. The number of ether oxygens (including phenoxy) is 2. The van der Waals surface area contributed by atoms with Gasteiger partial charge in [0.25, 0.3) is 0 Å². The van der Waals surface area contributed by atoms with Gasteiger partial charge in [-0.05, 0) is 59.7 Å². The molecule has 5 heteroatoms. The van der Waals surface area contributed by atoms with Gasteiger partial charge in [-0.2, -0.15) is 0 Å². The molecule has 0 N–H and O–H groups in total. The van der Waals surface area contributed by atoms with Crippen LogP contribution in [-0.4, -0.2) is 30.4 Å². The van der Waals surface area contributed by atoms with Crippen molar-refractivity contribution >= 4 is 11.5 Å². The minimum atomic E-state index is -0.267. The highest BCUT2D eigenvalue weighted by molar-refractivity contribution is 6.01. The molecule has 0 spiro atoms. The van der Waals surface area contributed by atoms with Crippen LogP contribution >= 0.6 is 0 Å². The van der Waals surface area contributed by atoms with Gasteiger partial charge >= 0.3 is 0 Å². The van der Waals surface area contributed by atoms with Crippen LogP contribution in [0.2, 0.25) is 0 Å². The molecule has 0 unspecified atom stereocenters. The summed E-state index contributed by atoms with van der Waals surface area (Å²) in [5.41, 5.74) is 6.36. The second kappa shape index (κ2) is 7.47. The number of ketones is 1. The molecule has 0 aromatic heterocycles. The summed E-state index contributed by atoms with van der Waals surface area (Å²) >= 11 is 0. The molecule has 3 aliphatic heterocycles. The summed E-state index contributed by atoms with van der Waals surface area (Å²) in [6.07, 6.45) is 5.34. The van der Waals surface area contributed by atoms with E-state index in [2.05, 4.69) is 37.0 Å². The molecule has 2 aromatic rings. The van der Waals surface area contributed by atoms with Gasteiger partial charge in [-0.15, -0.1) is 0 Å². The molecule has 0 saturated carbocycles. The van der Waals surface area contributed by atoms with Crippen LogP contribution in [0.15, 0.2) is 53.7 Å². The van der Waals surface area contributed by atoms with E-state index in [1.54, 1.807) is 0 Å². The number of benzene rings is 2. The van der Waals surface area contributed by atoms with Crippen molar-refractivity contribution in [3.05, 3.63) is 76.3 Å². The van der Waals surface area contributed by atoms with Gasteiger partial charge < -0.3 is 14.4 Å². The molecule has 4 nitrogen and oxygen atoms in total. The van der Waals surface area contributed by atoms with Crippen LogP contribution in [0.5, 0.6) is 11.5 Å². The van der Waals surface area contributed by atoms with E-state index in [1.807, 2.05) is 12.1 Å². The Hall–Kier alpha value is -3.08. The van der Waals surface area contributed by atoms with Crippen molar-refractivity contribution in [2.75, 3.05) is 19.8 Å². The third-order valence-corrected chi connectivity index (χ3v) is 7.23. The molecule has 2 aromatic carbocycles. The monoisotopic (exact) mass is 445 g/mol. The van der Waals surface area contributed by atoms with Gasteiger partial charge in [-0.3, -0.25) is 4.79 Å². The van der Waals surface area contributed by atoms with Crippen molar-refractivity contribution in [1.82, 2.24) is 4.90 Å². The van der Waals surface area contributed by atoms with E-state index in [1.165, 1.54) is 17.7 Å². The molecule has 0 fully saturated rings. The highest BCUT2D eigenvalue weighted by atomic mass is 19.1. The number of carbonyl (C=O) groups is 1. The zero-order chi connectivity index (χ0) is 22.7. The molecule has 170 valence electrons. The zero-order valence-electron chi connectivity index (χ0n) is 19.1. The summed E-state index contributed by atoms with van der Waals surface area (Å²) in [6.45, 7) is 6.48. The van der Waals surface area contributed by atoms with Crippen molar-refractivity contribution in [1.29, 1.82) is 0 Å². The van der Waals surface area contributed by atoms with Crippen molar-refractivity contribution < 1.29 is 18.7 Å². The zero-order valence-corrected chi connectivity index (χ0v) is 19.1. The number of rotatable bonds is 1. The lowest BCUT2D eigenvalue weighted by molar-refractivity contribution is -0.118. The standard InChI is InChI=1S/C28H28FNO3/c1-28(2)15-23-27(24(31)16-28)21(17-4-6-19(29)7-5-17)13-22-20-14-26-25(32-10-3-11-33-26)12-18(20)8-9-30(22)23/h4-7,12-14,21H,3,8-11,15-16H2,1-2H3/t21-/m1/s1. The van der Waals surface area contributed by atoms with Crippen molar-refractivity contribution in [3.63, 3.8) is 0 Å². The van der Waals surface area contributed by atoms with Gasteiger partial charge in [0.1, 0.15) is 5.82 Å². The van der Waals surface area contributed by atoms with E-state index in [0.717, 1.165) is 65.4 Å². The Labute approximate surface area is 193 Å². The van der Waals surface area contributed by atoms with Gasteiger partial charge in [0.05, 0.1) is 13.2 Å². The van der Waals surface area contributed by atoms with Gasteiger partial charge in [0.15, 0.2) is 17.3 Å². The molecular formula is C28H28FNO3. The van der Waals surface area contributed by atoms with Crippen molar-refractivity contribution in [3.8, 4) is 11.5 Å². The number of carbonyl (C=O) groups excluding carboxylic acids is 1. The van der Waals surface area contributed by atoms with Gasteiger partial charge in [-0.1, -0.05) is 26.0 Å². The highest BCUT2D eigenvalue weighted by Crippen LogP contribution is 2.51. The minimum Gasteiger partial charge on any atom is -0.490 e. The first-order valence-corrected chi connectivity index (χ1v) is 11.8. The molecule has 1 aliphatic carbocycles. The Morgan fingerprint density at radius 3 is 2.52 bits per heavy atom. The first-order valence-electron chi connectivity index (χ1n) is 11.8. The molecule has 0 bridgehead atoms. The predicted molar refractivity (Wildman–Crippen MR) is 125 cm³/mol. The van der Waals surface area contributed by atoms with Crippen LogP contribution in [0.1, 0.15) is 55.7 Å². The Morgan fingerprint density at radius 1 is 1.03 bits per heavy atom. The maximum absolute atomic E-state index is 13.7. The van der Waals surface area contributed by atoms with E-state index < -0.39 is 0 Å². The van der Waals surface area contributed by atoms with Crippen molar-refractivity contribution in [2.45, 2.75) is 45.4 Å². The lowest BCUT2D eigenvalue weighted by Crippen LogP contribution is -2.40. The fourth-order valence-electron chi connectivity index (χ4n) is 5.72. The second-order valence-corrected chi connectivity index (χ2v) is 10.3. The maximum Gasteiger partial charge on any atom is 0.162 e. The first kappa shape index (κ1) is 20.5. The van der Waals surface area contributed by atoms with E-state index in [9.17, 15) is 9.18 Å². The third kappa shape index (κ3) is 3.45.